The van der Waals surface area contributed by atoms with E-state index in [1.54, 1.807) is 18.3 Å². The first-order chi connectivity index (χ1) is 10.2. The molecule has 0 unspecified atom stereocenters. The minimum absolute atomic E-state index is 0.308. The molecule has 0 spiro atoms. The van der Waals surface area contributed by atoms with Gasteiger partial charge in [0.25, 0.3) is 0 Å². The molecule has 2 N–H and O–H groups in total. The predicted molar refractivity (Wildman–Crippen MR) is 79.8 cm³/mol. The van der Waals surface area contributed by atoms with E-state index in [2.05, 4.69) is 4.98 Å². The van der Waals surface area contributed by atoms with Crippen LogP contribution in [0.5, 0.6) is 0 Å². The summed E-state index contributed by atoms with van der Waals surface area (Å²) in [5.74, 6) is -0.448. The maximum atomic E-state index is 11.7. The van der Waals surface area contributed by atoms with Gasteiger partial charge in [-0.05, 0) is 23.8 Å². The number of carbonyl (C=O) groups is 1. The fourth-order valence-corrected chi connectivity index (χ4v) is 2.00. The zero-order chi connectivity index (χ0) is 15.1. The Labute approximate surface area is 123 Å². The van der Waals surface area contributed by atoms with E-state index in [-0.39, 0.29) is 0 Å². The van der Waals surface area contributed by atoms with E-state index in [4.69, 9.17) is 15.2 Å². The van der Waals surface area contributed by atoms with Crippen LogP contribution in [0.1, 0.15) is 21.6 Å². The van der Waals surface area contributed by atoms with Gasteiger partial charge in [-0.15, -0.1) is 0 Å². The lowest BCUT2D eigenvalue weighted by molar-refractivity contribution is 0.0593. The molecule has 110 valence electrons. The standard InChI is InChI=1S/C16H18N2O3/c1-20-16(19)15-12(5-4-7-14(15)17)11-21-10-8-13-6-2-3-9-18-13/h2-7,9H,8,10-11,17H2,1H3. The third-order valence-corrected chi connectivity index (χ3v) is 3.06. The fraction of sp³-hybridized carbons (Fsp3) is 0.250. The van der Waals surface area contributed by atoms with Gasteiger partial charge in [-0.2, -0.15) is 0 Å². The number of esters is 1. The van der Waals surface area contributed by atoms with Gasteiger partial charge in [0.1, 0.15) is 0 Å². The van der Waals surface area contributed by atoms with E-state index < -0.39 is 5.97 Å². The molecule has 0 bridgehead atoms. The van der Waals surface area contributed by atoms with Crippen LogP contribution in [0.15, 0.2) is 42.6 Å². The number of nitrogens with two attached hydrogens (primary N) is 1. The van der Waals surface area contributed by atoms with E-state index in [1.165, 1.54) is 7.11 Å². The number of carbonyl (C=O) groups excluding carboxylic acids is 1. The zero-order valence-corrected chi connectivity index (χ0v) is 11.9. The number of pyridine rings is 1. The first kappa shape index (κ1) is 15.0. The molecule has 1 aromatic heterocycles. The van der Waals surface area contributed by atoms with Gasteiger partial charge in [0.05, 0.1) is 25.9 Å². The molecule has 5 heteroatoms. The van der Waals surface area contributed by atoms with E-state index in [0.717, 1.165) is 17.7 Å². The topological polar surface area (TPSA) is 74.4 Å². The van der Waals surface area contributed by atoms with Crippen LogP contribution in [0, 0.1) is 0 Å². The number of hydrogen-bond acceptors (Lipinski definition) is 5. The summed E-state index contributed by atoms with van der Waals surface area (Å²) in [6, 6.07) is 11.0. The van der Waals surface area contributed by atoms with E-state index in [0.29, 0.717) is 24.5 Å². The Balaban J connectivity index is 1.94. The summed E-state index contributed by atoms with van der Waals surface area (Å²) < 4.78 is 10.4. The molecular formula is C16H18N2O3. The summed E-state index contributed by atoms with van der Waals surface area (Å²) in [6.07, 6.45) is 2.47. The van der Waals surface area contributed by atoms with Gasteiger partial charge in [-0.3, -0.25) is 4.98 Å². The van der Waals surface area contributed by atoms with Gasteiger partial charge in [-0.1, -0.05) is 18.2 Å². The average molecular weight is 286 g/mol. The van der Waals surface area contributed by atoms with Crippen LogP contribution in [-0.2, 0) is 22.5 Å². The molecule has 21 heavy (non-hydrogen) atoms. The molecule has 0 aliphatic rings. The van der Waals surface area contributed by atoms with Crippen molar-refractivity contribution >= 4 is 11.7 Å². The second kappa shape index (κ2) is 7.40. The summed E-state index contributed by atoms with van der Waals surface area (Å²) in [4.78, 5) is 16.0. The number of hydrogen-bond donors (Lipinski definition) is 1. The van der Waals surface area contributed by atoms with Crippen molar-refractivity contribution in [2.24, 2.45) is 0 Å². The summed E-state index contributed by atoms with van der Waals surface area (Å²) in [7, 11) is 1.33. The highest BCUT2D eigenvalue weighted by Crippen LogP contribution is 2.19. The molecule has 0 radical (unpaired) electrons. The maximum Gasteiger partial charge on any atom is 0.340 e. The van der Waals surface area contributed by atoms with Crippen molar-refractivity contribution in [1.29, 1.82) is 0 Å². The highest BCUT2D eigenvalue weighted by molar-refractivity contribution is 5.96. The van der Waals surface area contributed by atoms with Crippen molar-refractivity contribution in [3.63, 3.8) is 0 Å². The highest BCUT2D eigenvalue weighted by Gasteiger charge is 2.15. The third-order valence-electron chi connectivity index (χ3n) is 3.06. The van der Waals surface area contributed by atoms with E-state index in [9.17, 15) is 4.79 Å². The maximum absolute atomic E-state index is 11.7. The van der Waals surface area contributed by atoms with E-state index >= 15 is 0 Å². The second-order valence-electron chi connectivity index (χ2n) is 4.50. The lowest BCUT2D eigenvalue weighted by Gasteiger charge is -2.11. The first-order valence-electron chi connectivity index (χ1n) is 6.65. The number of methoxy groups -OCH3 is 1. The number of aromatic nitrogens is 1. The van der Waals surface area contributed by atoms with Crippen molar-refractivity contribution in [3.05, 3.63) is 59.4 Å². The van der Waals surface area contributed by atoms with Crippen LogP contribution in [0.4, 0.5) is 5.69 Å². The van der Waals surface area contributed by atoms with Crippen molar-refractivity contribution in [2.45, 2.75) is 13.0 Å². The molecule has 2 rings (SSSR count). The Kier molecular flexibility index (Phi) is 5.29. The van der Waals surface area contributed by atoms with E-state index in [1.807, 2.05) is 24.3 Å². The Morgan fingerprint density at radius 1 is 1.24 bits per heavy atom. The summed E-state index contributed by atoms with van der Waals surface area (Å²) in [5, 5.41) is 0. The fourth-order valence-electron chi connectivity index (χ4n) is 2.00. The molecular weight excluding hydrogens is 268 g/mol. The van der Waals surface area contributed by atoms with Gasteiger partial charge in [-0.25, -0.2) is 4.79 Å². The Morgan fingerprint density at radius 2 is 2.10 bits per heavy atom. The number of benzene rings is 1. The van der Waals surface area contributed by atoms with Crippen molar-refractivity contribution in [1.82, 2.24) is 4.98 Å². The molecule has 0 saturated heterocycles. The van der Waals surface area contributed by atoms with Crippen LogP contribution in [0.2, 0.25) is 0 Å². The van der Waals surface area contributed by atoms with Crippen LogP contribution in [0.25, 0.3) is 0 Å². The predicted octanol–water partition coefficient (Wildman–Crippen LogP) is 2.21. The first-order valence-corrected chi connectivity index (χ1v) is 6.65. The number of nitrogen functional groups attached to an aromatic ring is 1. The summed E-state index contributed by atoms with van der Waals surface area (Å²) >= 11 is 0. The Morgan fingerprint density at radius 3 is 2.81 bits per heavy atom. The van der Waals surface area contributed by atoms with Crippen LogP contribution >= 0.6 is 0 Å². The zero-order valence-electron chi connectivity index (χ0n) is 11.9. The molecule has 0 fully saturated rings. The lowest BCUT2D eigenvalue weighted by atomic mass is 10.1. The number of anilines is 1. The third kappa shape index (κ3) is 4.03. The minimum Gasteiger partial charge on any atom is -0.465 e. The number of ether oxygens (including phenoxy) is 2. The van der Waals surface area contributed by atoms with Crippen LogP contribution < -0.4 is 5.73 Å². The summed E-state index contributed by atoms with van der Waals surface area (Å²) in [6.45, 7) is 0.828. The van der Waals surface area contributed by atoms with Crippen molar-refractivity contribution in [2.75, 3.05) is 19.5 Å². The largest absolute Gasteiger partial charge is 0.465 e. The monoisotopic (exact) mass is 286 g/mol. The molecule has 0 aliphatic heterocycles. The van der Waals surface area contributed by atoms with Gasteiger partial charge < -0.3 is 15.2 Å². The average Bonchev–Trinajstić information content (AvgIpc) is 2.52. The van der Waals surface area contributed by atoms with Crippen molar-refractivity contribution in [3.8, 4) is 0 Å². The number of nitrogens with zero attached hydrogens (tertiary/aromatic N) is 1. The molecule has 2 aromatic rings. The van der Waals surface area contributed by atoms with Crippen LogP contribution in [0.3, 0.4) is 0 Å². The molecule has 1 heterocycles. The van der Waals surface area contributed by atoms with Crippen molar-refractivity contribution < 1.29 is 14.3 Å². The molecule has 5 nitrogen and oxygen atoms in total. The highest BCUT2D eigenvalue weighted by atomic mass is 16.5. The lowest BCUT2D eigenvalue weighted by Crippen LogP contribution is -2.11. The summed E-state index contributed by atoms with van der Waals surface area (Å²) in [5.41, 5.74) is 8.29. The number of rotatable bonds is 6. The van der Waals surface area contributed by atoms with Gasteiger partial charge >= 0.3 is 5.97 Å². The van der Waals surface area contributed by atoms with Gasteiger partial charge in [0.2, 0.25) is 0 Å². The molecule has 0 amide bonds. The molecule has 0 aliphatic carbocycles. The minimum atomic E-state index is -0.448. The Hall–Kier alpha value is -2.40. The Bertz CT molecular complexity index is 600. The quantitative estimate of drug-likeness (QED) is 0.500. The molecule has 0 saturated carbocycles. The SMILES string of the molecule is COC(=O)c1c(N)cccc1COCCc1ccccn1. The van der Waals surface area contributed by atoms with Gasteiger partial charge in [0, 0.05) is 24.0 Å². The second-order valence-corrected chi connectivity index (χ2v) is 4.50. The smallest absolute Gasteiger partial charge is 0.340 e. The normalized spacial score (nSPS) is 10.3. The molecule has 1 aromatic carbocycles. The molecule has 0 atom stereocenters. The van der Waals surface area contributed by atoms with Gasteiger partial charge in [0.15, 0.2) is 0 Å². The van der Waals surface area contributed by atoms with Crippen LogP contribution in [-0.4, -0.2) is 24.7 Å².